The molecule has 1 saturated heterocycles. The third-order valence-corrected chi connectivity index (χ3v) is 2.94. The fourth-order valence-corrected chi connectivity index (χ4v) is 1.66. The molecule has 0 amide bonds. The molecular formula is C12H24O2. The van der Waals surface area contributed by atoms with E-state index < -0.39 is 0 Å². The van der Waals surface area contributed by atoms with Crippen LogP contribution in [0.2, 0.25) is 0 Å². The van der Waals surface area contributed by atoms with Crippen LogP contribution in [0.5, 0.6) is 0 Å². The monoisotopic (exact) mass is 200 g/mol. The molecule has 0 saturated carbocycles. The molecular weight excluding hydrogens is 176 g/mol. The molecule has 0 radical (unpaired) electrons. The summed E-state index contributed by atoms with van der Waals surface area (Å²) in [5, 5.41) is 0. The van der Waals surface area contributed by atoms with E-state index in [-0.39, 0.29) is 6.29 Å². The predicted octanol–water partition coefficient (Wildman–Crippen LogP) is 3.35. The summed E-state index contributed by atoms with van der Waals surface area (Å²) in [4.78, 5) is 0. The number of hydrogen-bond acceptors (Lipinski definition) is 2. The van der Waals surface area contributed by atoms with E-state index in [0.29, 0.717) is 6.10 Å². The molecule has 1 heterocycles. The maximum atomic E-state index is 5.63. The molecule has 0 aromatic carbocycles. The minimum Gasteiger partial charge on any atom is -0.350 e. The third-order valence-electron chi connectivity index (χ3n) is 2.94. The van der Waals surface area contributed by atoms with E-state index in [0.717, 1.165) is 12.5 Å². The van der Waals surface area contributed by atoms with Crippen LogP contribution in [0.3, 0.4) is 0 Å². The topological polar surface area (TPSA) is 21.8 Å². The van der Waals surface area contributed by atoms with Crippen molar-refractivity contribution in [3.63, 3.8) is 0 Å². The highest BCUT2D eigenvalue weighted by atomic mass is 16.8. The fraction of sp³-hybridized carbons (Fsp3) is 1.00. The van der Waals surface area contributed by atoms with Crippen molar-refractivity contribution in [1.82, 2.24) is 0 Å². The summed E-state index contributed by atoms with van der Waals surface area (Å²) in [6.45, 7) is 7.44. The summed E-state index contributed by atoms with van der Waals surface area (Å²) < 4.78 is 10.8. The second-order valence-corrected chi connectivity index (χ2v) is 4.31. The van der Waals surface area contributed by atoms with Gasteiger partial charge in [0.2, 0.25) is 0 Å². The van der Waals surface area contributed by atoms with Gasteiger partial charge in [-0.2, -0.15) is 0 Å². The molecule has 0 bridgehead atoms. The highest BCUT2D eigenvalue weighted by molar-refractivity contribution is 4.71. The van der Waals surface area contributed by atoms with Crippen molar-refractivity contribution in [2.45, 2.75) is 65.3 Å². The maximum Gasteiger partial charge on any atom is 0.184 e. The molecule has 3 unspecified atom stereocenters. The van der Waals surface area contributed by atoms with Crippen molar-refractivity contribution in [2.75, 3.05) is 6.61 Å². The standard InChI is InChI=1S/C12H24O2/c1-4-6-7-8-11(5-2)9-13-12-10(3)14-12/h10-12H,4-9H2,1-3H3. The summed E-state index contributed by atoms with van der Waals surface area (Å²) in [6.07, 6.45) is 6.99. The number of rotatable bonds is 8. The van der Waals surface area contributed by atoms with E-state index in [1.165, 1.54) is 32.1 Å². The summed E-state index contributed by atoms with van der Waals surface area (Å²) in [5.41, 5.74) is 0. The van der Waals surface area contributed by atoms with Crippen molar-refractivity contribution in [3.8, 4) is 0 Å². The largest absolute Gasteiger partial charge is 0.350 e. The Morgan fingerprint density at radius 1 is 1.29 bits per heavy atom. The number of epoxide rings is 1. The Balaban J connectivity index is 1.99. The van der Waals surface area contributed by atoms with Gasteiger partial charge in [-0.05, 0) is 19.3 Å². The summed E-state index contributed by atoms with van der Waals surface area (Å²) in [5.74, 6) is 0.734. The Morgan fingerprint density at radius 3 is 2.50 bits per heavy atom. The van der Waals surface area contributed by atoms with E-state index in [4.69, 9.17) is 9.47 Å². The van der Waals surface area contributed by atoms with Crippen molar-refractivity contribution >= 4 is 0 Å². The zero-order valence-corrected chi connectivity index (χ0v) is 9.79. The molecule has 1 fully saturated rings. The lowest BCUT2D eigenvalue weighted by Crippen LogP contribution is -2.11. The molecule has 3 atom stereocenters. The smallest absolute Gasteiger partial charge is 0.184 e. The Bertz CT molecular complexity index is 147. The maximum absolute atomic E-state index is 5.63. The van der Waals surface area contributed by atoms with E-state index in [9.17, 15) is 0 Å². The fourth-order valence-electron chi connectivity index (χ4n) is 1.66. The Kier molecular flexibility index (Phi) is 5.49. The normalized spacial score (nSPS) is 27.6. The molecule has 1 aliphatic heterocycles. The van der Waals surface area contributed by atoms with Crippen LogP contribution in [0.15, 0.2) is 0 Å². The van der Waals surface area contributed by atoms with Gasteiger partial charge in [0.15, 0.2) is 6.29 Å². The molecule has 14 heavy (non-hydrogen) atoms. The van der Waals surface area contributed by atoms with Gasteiger partial charge < -0.3 is 9.47 Å². The van der Waals surface area contributed by atoms with Crippen LogP contribution in [-0.2, 0) is 9.47 Å². The van der Waals surface area contributed by atoms with Crippen LogP contribution in [0.25, 0.3) is 0 Å². The van der Waals surface area contributed by atoms with Crippen LogP contribution >= 0.6 is 0 Å². The highest BCUT2D eigenvalue weighted by Gasteiger charge is 2.35. The molecule has 0 aliphatic carbocycles. The van der Waals surface area contributed by atoms with Crippen LogP contribution in [0.4, 0.5) is 0 Å². The van der Waals surface area contributed by atoms with E-state index in [1.807, 2.05) is 0 Å². The molecule has 0 aromatic heterocycles. The molecule has 1 aliphatic rings. The molecule has 84 valence electrons. The second-order valence-electron chi connectivity index (χ2n) is 4.31. The molecule has 0 spiro atoms. The number of ether oxygens (including phenoxy) is 2. The zero-order valence-electron chi connectivity index (χ0n) is 9.79. The van der Waals surface area contributed by atoms with Crippen molar-refractivity contribution in [3.05, 3.63) is 0 Å². The minimum absolute atomic E-state index is 0.107. The molecule has 1 rings (SSSR count). The van der Waals surface area contributed by atoms with Gasteiger partial charge in [0.25, 0.3) is 0 Å². The van der Waals surface area contributed by atoms with E-state index in [2.05, 4.69) is 20.8 Å². The first kappa shape index (κ1) is 12.0. The number of hydrogen-bond donors (Lipinski definition) is 0. The Morgan fingerprint density at radius 2 is 2.00 bits per heavy atom. The first-order valence-corrected chi connectivity index (χ1v) is 6.05. The van der Waals surface area contributed by atoms with Gasteiger partial charge in [-0.15, -0.1) is 0 Å². The van der Waals surface area contributed by atoms with Crippen LogP contribution in [0.1, 0.15) is 52.9 Å². The molecule has 2 nitrogen and oxygen atoms in total. The van der Waals surface area contributed by atoms with Crippen molar-refractivity contribution in [2.24, 2.45) is 5.92 Å². The average molecular weight is 200 g/mol. The first-order valence-electron chi connectivity index (χ1n) is 6.05. The van der Waals surface area contributed by atoms with Gasteiger partial charge in [-0.1, -0.05) is 39.5 Å². The second kappa shape index (κ2) is 6.41. The Hall–Kier alpha value is -0.0800. The van der Waals surface area contributed by atoms with Crippen LogP contribution in [-0.4, -0.2) is 19.0 Å². The van der Waals surface area contributed by atoms with Gasteiger partial charge in [-0.3, -0.25) is 0 Å². The predicted molar refractivity (Wildman–Crippen MR) is 58.2 cm³/mol. The molecule has 0 N–H and O–H groups in total. The van der Waals surface area contributed by atoms with Gasteiger partial charge in [0.1, 0.15) is 6.10 Å². The van der Waals surface area contributed by atoms with Crippen molar-refractivity contribution < 1.29 is 9.47 Å². The highest BCUT2D eigenvalue weighted by Crippen LogP contribution is 2.24. The average Bonchev–Trinajstić information content (AvgIpc) is 2.88. The summed E-state index contributed by atoms with van der Waals surface area (Å²) in [6, 6.07) is 0. The van der Waals surface area contributed by atoms with Crippen LogP contribution in [0, 0.1) is 5.92 Å². The van der Waals surface area contributed by atoms with Gasteiger partial charge in [-0.25, -0.2) is 0 Å². The summed E-state index contributed by atoms with van der Waals surface area (Å²) >= 11 is 0. The Labute approximate surface area is 88.0 Å². The van der Waals surface area contributed by atoms with Gasteiger partial charge in [0.05, 0.1) is 6.61 Å². The van der Waals surface area contributed by atoms with Crippen molar-refractivity contribution in [1.29, 1.82) is 0 Å². The summed E-state index contributed by atoms with van der Waals surface area (Å²) in [7, 11) is 0. The lowest BCUT2D eigenvalue weighted by atomic mass is 10.00. The third kappa shape index (κ3) is 4.43. The van der Waals surface area contributed by atoms with E-state index in [1.54, 1.807) is 0 Å². The lowest BCUT2D eigenvalue weighted by molar-refractivity contribution is 0.0247. The first-order chi connectivity index (χ1) is 6.77. The zero-order chi connectivity index (χ0) is 10.4. The quantitative estimate of drug-likeness (QED) is 0.442. The lowest BCUT2D eigenvalue weighted by Gasteiger charge is -2.13. The van der Waals surface area contributed by atoms with Gasteiger partial charge >= 0.3 is 0 Å². The number of unbranched alkanes of at least 4 members (excludes halogenated alkanes) is 2. The van der Waals surface area contributed by atoms with Crippen LogP contribution < -0.4 is 0 Å². The molecule has 0 aromatic rings. The van der Waals surface area contributed by atoms with Gasteiger partial charge in [0, 0.05) is 0 Å². The minimum atomic E-state index is 0.107. The SMILES string of the molecule is CCCCCC(CC)COC1OC1C. The molecule has 2 heteroatoms. The van der Waals surface area contributed by atoms with E-state index >= 15 is 0 Å².